The summed E-state index contributed by atoms with van der Waals surface area (Å²) in [5.74, 6) is -0.184. The van der Waals surface area contributed by atoms with Gasteiger partial charge in [-0.2, -0.15) is 0 Å². The van der Waals surface area contributed by atoms with Crippen LogP contribution in [0.25, 0.3) is 10.4 Å². The number of nitrogens with one attached hydrogen (secondary N) is 1. The van der Waals surface area contributed by atoms with E-state index in [1.807, 2.05) is 13.1 Å². The van der Waals surface area contributed by atoms with Gasteiger partial charge in [-0.3, -0.25) is 0 Å². The molecule has 15 heavy (non-hydrogen) atoms. The third kappa shape index (κ3) is 2.43. The fourth-order valence-electron chi connectivity index (χ4n) is 1.47. The molecule has 0 unspecified atom stereocenters. The molecule has 0 radical (unpaired) electrons. The van der Waals surface area contributed by atoms with Crippen LogP contribution in [0.5, 0.6) is 0 Å². The molecular weight excluding hydrogens is 209 g/mol. The van der Waals surface area contributed by atoms with Gasteiger partial charge in [-0.25, -0.2) is 4.39 Å². The minimum absolute atomic E-state index is 0.184. The molecule has 1 nitrogen and oxygen atoms in total. The molecule has 78 valence electrons. The Morgan fingerprint density at radius 3 is 2.93 bits per heavy atom. The molecule has 1 N–H and O–H groups in total. The van der Waals surface area contributed by atoms with Gasteiger partial charge in [0.05, 0.1) is 0 Å². The normalized spacial score (nSPS) is 10.5. The van der Waals surface area contributed by atoms with Crippen LogP contribution in [0.15, 0.2) is 35.7 Å². The van der Waals surface area contributed by atoms with Crippen molar-refractivity contribution in [2.75, 3.05) is 7.05 Å². The van der Waals surface area contributed by atoms with Crippen LogP contribution in [0.4, 0.5) is 4.39 Å². The Morgan fingerprint density at radius 2 is 2.20 bits per heavy atom. The molecule has 0 spiro atoms. The van der Waals surface area contributed by atoms with Gasteiger partial charge in [0.1, 0.15) is 5.82 Å². The molecule has 1 heterocycles. The molecule has 0 amide bonds. The van der Waals surface area contributed by atoms with Crippen LogP contribution in [-0.4, -0.2) is 7.05 Å². The second-order valence-electron chi connectivity index (χ2n) is 3.36. The first-order chi connectivity index (χ1) is 7.29. The highest BCUT2D eigenvalue weighted by Gasteiger charge is 2.02. The number of benzene rings is 1. The van der Waals surface area contributed by atoms with Crippen molar-refractivity contribution in [1.82, 2.24) is 5.32 Å². The average molecular weight is 221 g/mol. The SMILES string of the molecule is CNCc1csc(-c2cccc(F)c2)c1. The van der Waals surface area contributed by atoms with Crippen LogP contribution in [0.3, 0.4) is 0 Å². The maximum absolute atomic E-state index is 13.0. The lowest BCUT2D eigenvalue weighted by molar-refractivity contribution is 0.628. The summed E-state index contributed by atoms with van der Waals surface area (Å²) in [6.07, 6.45) is 0. The van der Waals surface area contributed by atoms with E-state index in [0.29, 0.717) is 0 Å². The summed E-state index contributed by atoms with van der Waals surface area (Å²) in [6, 6.07) is 8.79. The molecule has 1 aromatic carbocycles. The van der Waals surface area contributed by atoms with Gasteiger partial charge in [0.2, 0.25) is 0 Å². The molecule has 2 rings (SSSR count). The Hall–Kier alpha value is -1.19. The van der Waals surface area contributed by atoms with E-state index >= 15 is 0 Å². The van der Waals surface area contributed by atoms with Crippen molar-refractivity contribution >= 4 is 11.3 Å². The van der Waals surface area contributed by atoms with Crippen LogP contribution in [0, 0.1) is 5.82 Å². The van der Waals surface area contributed by atoms with Crippen LogP contribution in [0.1, 0.15) is 5.56 Å². The van der Waals surface area contributed by atoms with Crippen LogP contribution < -0.4 is 5.32 Å². The van der Waals surface area contributed by atoms with Gasteiger partial charge in [-0.05, 0) is 41.8 Å². The summed E-state index contributed by atoms with van der Waals surface area (Å²) in [6.45, 7) is 0.853. The Bertz CT molecular complexity index is 450. The van der Waals surface area contributed by atoms with Gasteiger partial charge in [-0.15, -0.1) is 11.3 Å². The summed E-state index contributed by atoms with van der Waals surface area (Å²) < 4.78 is 13.0. The Balaban J connectivity index is 2.29. The van der Waals surface area contributed by atoms with Crippen molar-refractivity contribution in [3.8, 4) is 10.4 Å². The largest absolute Gasteiger partial charge is 0.316 e. The molecule has 0 bridgehead atoms. The molecule has 0 atom stereocenters. The molecule has 2 aromatic rings. The van der Waals surface area contributed by atoms with E-state index in [2.05, 4.69) is 16.8 Å². The fraction of sp³-hybridized carbons (Fsp3) is 0.167. The third-order valence-corrected chi connectivity index (χ3v) is 3.17. The Kier molecular flexibility index (Phi) is 3.14. The predicted octanol–water partition coefficient (Wildman–Crippen LogP) is 3.27. The van der Waals surface area contributed by atoms with Gasteiger partial charge in [-0.1, -0.05) is 12.1 Å². The second-order valence-corrected chi connectivity index (χ2v) is 4.27. The Labute approximate surface area is 92.6 Å². The summed E-state index contributed by atoms with van der Waals surface area (Å²) >= 11 is 1.64. The predicted molar refractivity (Wildman–Crippen MR) is 62.5 cm³/mol. The number of hydrogen-bond acceptors (Lipinski definition) is 2. The molecule has 0 saturated heterocycles. The lowest BCUT2D eigenvalue weighted by Crippen LogP contribution is -2.03. The zero-order valence-corrected chi connectivity index (χ0v) is 9.27. The maximum atomic E-state index is 13.0. The number of halogens is 1. The van der Waals surface area contributed by atoms with Crippen molar-refractivity contribution < 1.29 is 4.39 Å². The van der Waals surface area contributed by atoms with Crippen LogP contribution in [0.2, 0.25) is 0 Å². The molecule has 1 aromatic heterocycles. The third-order valence-electron chi connectivity index (χ3n) is 2.14. The van der Waals surface area contributed by atoms with Crippen molar-refractivity contribution in [3.63, 3.8) is 0 Å². The first-order valence-corrected chi connectivity index (χ1v) is 5.65. The molecule has 0 fully saturated rings. The highest BCUT2D eigenvalue weighted by atomic mass is 32.1. The number of thiophene rings is 1. The van der Waals surface area contributed by atoms with Gasteiger partial charge in [0.15, 0.2) is 0 Å². The first kappa shape index (κ1) is 10.3. The van der Waals surface area contributed by atoms with Gasteiger partial charge < -0.3 is 5.32 Å². The van der Waals surface area contributed by atoms with E-state index < -0.39 is 0 Å². The zero-order valence-electron chi connectivity index (χ0n) is 8.46. The van der Waals surface area contributed by atoms with Gasteiger partial charge in [0, 0.05) is 11.4 Å². The minimum Gasteiger partial charge on any atom is -0.316 e. The topological polar surface area (TPSA) is 12.0 Å². The minimum atomic E-state index is -0.184. The lowest BCUT2D eigenvalue weighted by atomic mass is 10.1. The molecule has 3 heteroatoms. The Morgan fingerprint density at radius 1 is 1.33 bits per heavy atom. The van der Waals surface area contributed by atoms with Gasteiger partial charge >= 0.3 is 0 Å². The quantitative estimate of drug-likeness (QED) is 0.838. The first-order valence-electron chi connectivity index (χ1n) is 4.77. The van der Waals surface area contributed by atoms with E-state index in [9.17, 15) is 4.39 Å². The van der Waals surface area contributed by atoms with Crippen LogP contribution >= 0.6 is 11.3 Å². The number of rotatable bonds is 3. The molecule has 0 saturated carbocycles. The highest BCUT2D eigenvalue weighted by molar-refractivity contribution is 7.13. The van der Waals surface area contributed by atoms with Crippen LogP contribution in [-0.2, 0) is 6.54 Å². The molecular formula is C12H12FNS. The standard InChI is InChI=1S/C12H12FNS/c1-14-7-9-5-12(15-8-9)10-3-2-4-11(13)6-10/h2-6,8,14H,7H2,1H3. The lowest BCUT2D eigenvalue weighted by Gasteiger charge is -1.96. The molecule has 0 aliphatic carbocycles. The van der Waals surface area contributed by atoms with Gasteiger partial charge in [0.25, 0.3) is 0 Å². The maximum Gasteiger partial charge on any atom is 0.123 e. The van der Waals surface area contributed by atoms with E-state index in [1.54, 1.807) is 23.5 Å². The second kappa shape index (κ2) is 4.55. The van der Waals surface area contributed by atoms with E-state index in [4.69, 9.17) is 0 Å². The summed E-state index contributed by atoms with van der Waals surface area (Å²) in [7, 11) is 1.92. The molecule has 0 aliphatic rings. The number of hydrogen-bond donors (Lipinski definition) is 1. The molecule has 0 aliphatic heterocycles. The van der Waals surface area contributed by atoms with Crippen molar-refractivity contribution in [3.05, 3.63) is 47.1 Å². The average Bonchev–Trinajstić information content (AvgIpc) is 2.67. The van der Waals surface area contributed by atoms with E-state index in [0.717, 1.165) is 17.0 Å². The van der Waals surface area contributed by atoms with Crippen molar-refractivity contribution in [1.29, 1.82) is 0 Å². The fourth-order valence-corrected chi connectivity index (χ4v) is 2.38. The monoisotopic (exact) mass is 221 g/mol. The summed E-state index contributed by atoms with van der Waals surface area (Å²) in [5.41, 5.74) is 2.18. The van der Waals surface area contributed by atoms with E-state index in [1.165, 1.54) is 11.6 Å². The van der Waals surface area contributed by atoms with E-state index in [-0.39, 0.29) is 5.82 Å². The zero-order chi connectivity index (χ0) is 10.7. The highest BCUT2D eigenvalue weighted by Crippen LogP contribution is 2.27. The van der Waals surface area contributed by atoms with Crippen molar-refractivity contribution in [2.24, 2.45) is 0 Å². The summed E-state index contributed by atoms with van der Waals surface area (Å²) in [5, 5.41) is 5.19. The summed E-state index contributed by atoms with van der Waals surface area (Å²) in [4.78, 5) is 1.11. The van der Waals surface area contributed by atoms with Crippen molar-refractivity contribution in [2.45, 2.75) is 6.54 Å². The smallest absolute Gasteiger partial charge is 0.123 e.